The number of nitrogens with one attached hydrogen (secondary N) is 1. The van der Waals surface area contributed by atoms with Crippen LogP contribution in [0, 0.1) is 26.7 Å². The zero-order valence-corrected chi connectivity index (χ0v) is 20.8. The highest BCUT2D eigenvalue weighted by Gasteiger charge is 2.40. The summed E-state index contributed by atoms with van der Waals surface area (Å²) in [6.07, 6.45) is 1.98. The van der Waals surface area contributed by atoms with E-state index >= 15 is 0 Å². The Morgan fingerprint density at radius 1 is 1.12 bits per heavy atom. The highest BCUT2D eigenvalue weighted by Crippen LogP contribution is 2.36. The summed E-state index contributed by atoms with van der Waals surface area (Å²) in [7, 11) is -2.09. The third-order valence-electron chi connectivity index (χ3n) is 6.77. The molecular weight excluding hydrogens is 452 g/mol. The summed E-state index contributed by atoms with van der Waals surface area (Å²) < 4.78 is 25.7. The summed E-state index contributed by atoms with van der Waals surface area (Å²) in [6, 6.07) is 9.15. The minimum absolute atomic E-state index is 0.0561. The van der Waals surface area contributed by atoms with Crippen molar-refractivity contribution in [1.82, 2.24) is 0 Å². The van der Waals surface area contributed by atoms with Crippen LogP contribution in [0.15, 0.2) is 40.4 Å². The summed E-state index contributed by atoms with van der Waals surface area (Å²) in [5, 5.41) is 7.46. The Morgan fingerprint density at radius 3 is 2.50 bits per heavy atom. The monoisotopic (exact) mass is 482 g/mol. The molecule has 0 bridgehead atoms. The van der Waals surface area contributed by atoms with Gasteiger partial charge in [-0.1, -0.05) is 22.9 Å². The second-order valence-corrected chi connectivity index (χ2v) is 11.2. The number of ketones is 2. The second-order valence-electron chi connectivity index (χ2n) is 9.18. The van der Waals surface area contributed by atoms with Gasteiger partial charge in [0, 0.05) is 35.7 Å². The maximum atomic E-state index is 13.9. The number of aryl methyl sites for hydroxylation is 2. The van der Waals surface area contributed by atoms with Crippen LogP contribution < -0.4 is 5.32 Å². The molecule has 7 nitrogen and oxygen atoms in total. The van der Waals surface area contributed by atoms with Crippen molar-refractivity contribution in [1.29, 1.82) is 0 Å². The number of anilines is 1. The van der Waals surface area contributed by atoms with Crippen LogP contribution in [0.1, 0.15) is 58.3 Å². The van der Waals surface area contributed by atoms with Gasteiger partial charge in [0.2, 0.25) is 0 Å². The van der Waals surface area contributed by atoms with E-state index in [9.17, 15) is 18.0 Å². The third kappa shape index (κ3) is 4.39. The van der Waals surface area contributed by atoms with Gasteiger partial charge < -0.3 is 10.2 Å². The predicted molar refractivity (Wildman–Crippen MR) is 131 cm³/mol. The Bertz CT molecular complexity index is 1280. The maximum Gasteiger partial charge on any atom is 0.179 e. The predicted octanol–water partition coefficient (Wildman–Crippen LogP) is 4.17. The quantitative estimate of drug-likeness (QED) is 0.390. The zero-order valence-electron chi connectivity index (χ0n) is 20.0. The van der Waals surface area contributed by atoms with E-state index in [4.69, 9.17) is 4.84 Å². The first-order chi connectivity index (χ1) is 16.1. The summed E-state index contributed by atoms with van der Waals surface area (Å²) in [6.45, 7) is 5.42. The maximum absolute atomic E-state index is 13.9. The first-order valence-corrected chi connectivity index (χ1v) is 13.2. The van der Waals surface area contributed by atoms with Crippen LogP contribution in [-0.4, -0.2) is 44.6 Å². The van der Waals surface area contributed by atoms with Gasteiger partial charge in [0.1, 0.15) is 18.8 Å². The average molecular weight is 483 g/mol. The number of rotatable bonds is 5. The summed E-state index contributed by atoms with van der Waals surface area (Å²) in [4.78, 5) is 32.1. The van der Waals surface area contributed by atoms with E-state index in [1.807, 2.05) is 31.2 Å². The fourth-order valence-electron chi connectivity index (χ4n) is 5.11. The standard InChI is InChI=1S/C26H30N2O5S/c1-15-8-10-18(11-9-15)27-20-6-5-7-22(29)24(20)25(30)19-14-16(2)26-23(17(19)3)21(28-33-4)12-13-34(26,31)32/h8-11,14,20,24,27H,5-7,12-13H2,1-4H3. The van der Waals surface area contributed by atoms with E-state index in [-0.39, 0.29) is 34.7 Å². The van der Waals surface area contributed by atoms with E-state index in [2.05, 4.69) is 10.5 Å². The Kier molecular flexibility index (Phi) is 6.62. The van der Waals surface area contributed by atoms with Gasteiger partial charge in [-0.2, -0.15) is 0 Å². The molecule has 1 aliphatic carbocycles. The number of sulfone groups is 1. The molecule has 1 fully saturated rings. The number of carbonyl (C=O) groups excluding carboxylic acids is 2. The van der Waals surface area contributed by atoms with Gasteiger partial charge in [-0.05, 0) is 62.9 Å². The molecule has 0 radical (unpaired) electrons. The van der Waals surface area contributed by atoms with E-state index in [1.165, 1.54) is 7.11 Å². The normalized spacial score (nSPS) is 22.8. The number of carbonyl (C=O) groups is 2. The fraction of sp³-hybridized carbons (Fsp3) is 0.423. The lowest BCUT2D eigenvalue weighted by molar-refractivity contribution is -0.123. The molecule has 0 saturated heterocycles. The molecule has 2 aliphatic rings. The average Bonchev–Trinajstić information content (AvgIpc) is 2.78. The number of fused-ring (bicyclic) bond motifs is 1. The van der Waals surface area contributed by atoms with Crippen LogP contribution in [-0.2, 0) is 19.5 Å². The molecule has 2 unspecified atom stereocenters. The van der Waals surface area contributed by atoms with E-state index in [0.717, 1.165) is 17.7 Å². The molecule has 34 heavy (non-hydrogen) atoms. The van der Waals surface area contributed by atoms with E-state index < -0.39 is 15.8 Å². The Balaban J connectivity index is 1.78. The van der Waals surface area contributed by atoms with Crippen LogP contribution in [0.5, 0.6) is 0 Å². The van der Waals surface area contributed by atoms with Crippen LogP contribution in [0.4, 0.5) is 5.69 Å². The number of hydrogen-bond donors (Lipinski definition) is 1. The van der Waals surface area contributed by atoms with Crippen molar-refractivity contribution >= 4 is 32.8 Å². The second kappa shape index (κ2) is 9.33. The zero-order chi connectivity index (χ0) is 24.6. The number of benzene rings is 2. The van der Waals surface area contributed by atoms with Gasteiger partial charge in [0.05, 0.1) is 16.4 Å². The summed E-state index contributed by atoms with van der Waals surface area (Å²) in [5.41, 5.74) is 4.31. The van der Waals surface area contributed by atoms with Crippen molar-refractivity contribution in [2.45, 2.75) is 57.4 Å². The molecule has 8 heteroatoms. The highest BCUT2D eigenvalue weighted by molar-refractivity contribution is 7.91. The van der Waals surface area contributed by atoms with Crippen LogP contribution >= 0.6 is 0 Å². The lowest BCUT2D eigenvalue weighted by Gasteiger charge is -2.32. The topological polar surface area (TPSA) is 102 Å². The van der Waals surface area contributed by atoms with Gasteiger partial charge in [-0.15, -0.1) is 0 Å². The Labute approximate surface area is 200 Å². The lowest BCUT2D eigenvalue weighted by atomic mass is 9.77. The SMILES string of the molecule is CON=C1CCS(=O)(=O)c2c(C)cc(C(=O)C3C(=O)CCCC3Nc3ccc(C)cc3)c(C)c21. The van der Waals surface area contributed by atoms with E-state index in [1.54, 1.807) is 19.9 Å². The van der Waals surface area contributed by atoms with E-state index in [0.29, 0.717) is 40.8 Å². The molecule has 0 aromatic heterocycles. The molecule has 1 aliphatic heterocycles. The molecule has 1 N–H and O–H groups in total. The molecule has 1 saturated carbocycles. The van der Waals surface area contributed by atoms with Gasteiger partial charge in [-0.3, -0.25) is 9.59 Å². The smallest absolute Gasteiger partial charge is 0.179 e. The minimum Gasteiger partial charge on any atom is -0.399 e. The number of hydrogen-bond acceptors (Lipinski definition) is 7. The van der Waals surface area contributed by atoms with Gasteiger partial charge in [0.15, 0.2) is 15.6 Å². The van der Waals surface area contributed by atoms with Crippen LogP contribution in [0.2, 0.25) is 0 Å². The number of oxime groups is 1. The van der Waals surface area contributed by atoms with Crippen LogP contribution in [0.25, 0.3) is 0 Å². The van der Waals surface area contributed by atoms with Crippen LogP contribution in [0.3, 0.4) is 0 Å². The Morgan fingerprint density at radius 2 is 1.82 bits per heavy atom. The van der Waals surface area contributed by atoms with Gasteiger partial charge in [-0.25, -0.2) is 8.42 Å². The number of nitrogens with zero attached hydrogens (tertiary/aromatic N) is 1. The molecule has 4 rings (SSSR count). The minimum atomic E-state index is -3.51. The Hall–Kier alpha value is -3.00. The summed E-state index contributed by atoms with van der Waals surface area (Å²) >= 11 is 0. The number of Topliss-reactive ketones (excluding diaryl/α,β-unsaturated/α-hetero) is 2. The molecule has 2 aromatic rings. The largest absolute Gasteiger partial charge is 0.399 e. The molecular formula is C26H30N2O5S. The van der Waals surface area contributed by atoms with Crippen molar-refractivity contribution in [3.8, 4) is 0 Å². The van der Waals surface area contributed by atoms with Gasteiger partial charge in [0.25, 0.3) is 0 Å². The van der Waals surface area contributed by atoms with Crippen molar-refractivity contribution in [2.24, 2.45) is 11.1 Å². The molecule has 2 aromatic carbocycles. The summed E-state index contributed by atoms with van der Waals surface area (Å²) in [5.74, 6) is -1.26. The van der Waals surface area contributed by atoms with Crippen molar-refractivity contribution in [3.63, 3.8) is 0 Å². The first-order valence-electron chi connectivity index (χ1n) is 11.5. The molecule has 180 valence electrons. The lowest BCUT2D eigenvalue weighted by Crippen LogP contribution is -2.43. The molecule has 0 spiro atoms. The molecule has 1 heterocycles. The highest BCUT2D eigenvalue weighted by atomic mass is 32.2. The third-order valence-corrected chi connectivity index (χ3v) is 8.66. The van der Waals surface area contributed by atoms with Gasteiger partial charge >= 0.3 is 0 Å². The van der Waals surface area contributed by atoms with Crippen molar-refractivity contribution in [2.75, 3.05) is 18.2 Å². The van der Waals surface area contributed by atoms with Crippen molar-refractivity contribution < 1.29 is 22.8 Å². The first kappa shape index (κ1) is 24.1. The van der Waals surface area contributed by atoms with Crippen molar-refractivity contribution in [3.05, 3.63) is 58.1 Å². The molecule has 2 atom stereocenters. The fourth-order valence-corrected chi connectivity index (χ4v) is 6.91. The molecule has 0 amide bonds.